The normalized spacial score (nSPS) is 10.3. The molecule has 3 nitrogen and oxygen atoms in total. The topological polar surface area (TPSA) is 55.1 Å². The molecule has 0 radical (unpaired) electrons. The molecule has 20 heavy (non-hydrogen) atoms. The molecule has 0 aliphatic heterocycles. The molecule has 2 rings (SSSR count). The zero-order valence-electron chi connectivity index (χ0n) is 10.9. The maximum atomic E-state index is 13.2. The lowest BCUT2D eigenvalue weighted by Gasteiger charge is -2.09. The van der Waals surface area contributed by atoms with Gasteiger partial charge in [-0.25, -0.2) is 4.39 Å². The van der Waals surface area contributed by atoms with Gasteiger partial charge >= 0.3 is 0 Å². The Morgan fingerprint density at radius 2 is 2.05 bits per heavy atom. The fourth-order valence-electron chi connectivity index (χ4n) is 1.84. The average Bonchev–Trinajstić information content (AvgIpc) is 2.41. The van der Waals surface area contributed by atoms with E-state index in [1.807, 2.05) is 0 Å². The van der Waals surface area contributed by atoms with Crippen LogP contribution in [0.2, 0.25) is 5.02 Å². The summed E-state index contributed by atoms with van der Waals surface area (Å²) < 4.78 is 13.2. The third-order valence-corrected chi connectivity index (χ3v) is 3.28. The molecule has 0 aliphatic carbocycles. The highest BCUT2D eigenvalue weighted by atomic mass is 35.5. The van der Waals surface area contributed by atoms with Crippen molar-refractivity contribution in [3.63, 3.8) is 0 Å². The second-order valence-electron chi connectivity index (χ2n) is 4.50. The molecule has 0 saturated carbocycles. The van der Waals surface area contributed by atoms with Crippen molar-refractivity contribution in [3.8, 4) is 0 Å². The van der Waals surface area contributed by atoms with E-state index < -0.39 is 5.91 Å². The Kier molecular flexibility index (Phi) is 4.25. The molecule has 2 aromatic rings. The Labute approximate surface area is 121 Å². The van der Waals surface area contributed by atoms with Crippen LogP contribution in [0.5, 0.6) is 0 Å². The van der Waals surface area contributed by atoms with Gasteiger partial charge in [-0.15, -0.1) is 0 Å². The van der Waals surface area contributed by atoms with Crippen LogP contribution >= 0.6 is 11.6 Å². The van der Waals surface area contributed by atoms with Gasteiger partial charge in [-0.1, -0.05) is 23.7 Å². The van der Waals surface area contributed by atoms with E-state index in [1.54, 1.807) is 37.3 Å². The first-order valence-corrected chi connectivity index (χ1v) is 6.43. The number of nitrogens with one attached hydrogen (secondary N) is 1. The number of anilines is 1. The van der Waals surface area contributed by atoms with Gasteiger partial charge < -0.3 is 11.1 Å². The summed E-state index contributed by atoms with van der Waals surface area (Å²) in [5.74, 6) is -0.799. The molecule has 0 bridgehead atoms. The van der Waals surface area contributed by atoms with Gasteiger partial charge in [-0.05, 0) is 42.3 Å². The first-order valence-electron chi connectivity index (χ1n) is 6.05. The summed E-state index contributed by atoms with van der Waals surface area (Å²) in [7, 11) is 0. The lowest BCUT2D eigenvalue weighted by Crippen LogP contribution is -2.12. The molecule has 104 valence electrons. The Balaban J connectivity index is 2.12. The highest BCUT2D eigenvalue weighted by molar-refractivity contribution is 6.33. The van der Waals surface area contributed by atoms with Crippen molar-refractivity contribution < 1.29 is 9.18 Å². The van der Waals surface area contributed by atoms with E-state index in [1.165, 1.54) is 6.07 Å². The monoisotopic (exact) mass is 292 g/mol. The lowest BCUT2D eigenvalue weighted by molar-refractivity contribution is 0.100. The van der Waals surface area contributed by atoms with Crippen LogP contribution in [0, 0.1) is 12.7 Å². The maximum Gasteiger partial charge on any atom is 0.250 e. The molecule has 0 aromatic heterocycles. The summed E-state index contributed by atoms with van der Waals surface area (Å²) in [6.45, 7) is 2.23. The van der Waals surface area contributed by atoms with Crippen molar-refractivity contribution >= 4 is 23.2 Å². The van der Waals surface area contributed by atoms with E-state index in [2.05, 4.69) is 5.32 Å². The van der Waals surface area contributed by atoms with Crippen molar-refractivity contribution in [3.05, 3.63) is 63.9 Å². The first kappa shape index (κ1) is 14.3. The molecular formula is C15H14ClFN2O. The molecule has 0 heterocycles. The largest absolute Gasteiger partial charge is 0.381 e. The van der Waals surface area contributed by atoms with Crippen LogP contribution in [-0.2, 0) is 6.54 Å². The van der Waals surface area contributed by atoms with E-state index >= 15 is 0 Å². The number of primary amides is 1. The summed E-state index contributed by atoms with van der Waals surface area (Å²) in [6, 6.07) is 9.88. The van der Waals surface area contributed by atoms with Gasteiger partial charge in [0, 0.05) is 12.2 Å². The average molecular weight is 293 g/mol. The standard InChI is InChI=1S/C15H14ClFN2O/c1-9-6-10(2-5-14(9)17)8-19-11-3-4-13(16)12(7-11)15(18)20/h2-7,19H,8H2,1H3,(H2,18,20). The fourth-order valence-corrected chi connectivity index (χ4v) is 2.06. The summed E-state index contributed by atoms with van der Waals surface area (Å²) in [6.07, 6.45) is 0. The molecule has 0 aliphatic rings. The Bertz CT molecular complexity index is 658. The van der Waals surface area contributed by atoms with Crippen LogP contribution in [0.15, 0.2) is 36.4 Å². The van der Waals surface area contributed by atoms with Crippen LogP contribution < -0.4 is 11.1 Å². The van der Waals surface area contributed by atoms with Crippen LogP contribution in [-0.4, -0.2) is 5.91 Å². The van der Waals surface area contributed by atoms with Gasteiger partial charge in [0.1, 0.15) is 5.82 Å². The van der Waals surface area contributed by atoms with Crippen molar-refractivity contribution in [2.45, 2.75) is 13.5 Å². The molecule has 0 unspecified atom stereocenters. The fraction of sp³-hybridized carbons (Fsp3) is 0.133. The third-order valence-electron chi connectivity index (χ3n) is 2.95. The number of carbonyl (C=O) groups is 1. The molecule has 0 spiro atoms. The lowest BCUT2D eigenvalue weighted by atomic mass is 10.1. The molecule has 0 fully saturated rings. The maximum absolute atomic E-state index is 13.2. The van der Waals surface area contributed by atoms with E-state index in [4.69, 9.17) is 17.3 Å². The Morgan fingerprint density at radius 3 is 2.70 bits per heavy atom. The predicted molar refractivity (Wildman–Crippen MR) is 78.4 cm³/mol. The van der Waals surface area contributed by atoms with E-state index in [9.17, 15) is 9.18 Å². The number of amides is 1. The van der Waals surface area contributed by atoms with Crippen LogP contribution in [0.25, 0.3) is 0 Å². The molecule has 0 atom stereocenters. The highest BCUT2D eigenvalue weighted by Gasteiger charge is 2.07. The van der Waals surface area contributed by atoms with Crippen LogP contribution in [0.3, 0.4) is 0 Å². The number of benzene rings is 2. The Hall–Kier alpha value is -2.07. The number of carbonyl (C=O) groups excluding carboxylic acids is 1. The van der Waals surface area contributed by atoms with Gasteiger partial charge in [-0.2, -0.15) is 0 Å². The second kappa shape index (κ2) is 5.92. The minimum Gasteiger partial charge on any atom is -0.381 e. The van der Waals surface area contributed by atoms with Crippen molar-refractivity contribution in [2.75, 3.05) is 5.32 Å². The quantitative estimate of drug-likeness (QED) is 0.906. The molecule has 5 heteroatoms. The minimum absolute atomic E-state index is 0.226. The molecule has 1 amide bonds. The van der Waals surface area contributed by atoms with Crippen LogP contribution in [0.4, 0.5) is 10.1 Å². The number of hydrogen-bond donors (Lipinski definition) is 2. The van der Waals surface area contributed by atoms with E-state index in [0.717, 1.165) is 11.3 Å². The molecule has 3 N–H and O–H groups in total. The third kappa shape index (κ3) is 3.27. The van der Waals surface area contributed by atoms with E-state index in [0.29, 0.717) is 17.1 Å². The number of halogens is 2. The molecule has 0 saturated heterocycles. The summed E-state index contributed by atoms with van der Waals surface area (Å²) in [5.41, 5.74) is 7.77. The van der Waals surface area contributed by atoms with Gasteiger partial charge in [0.2, 0.25) is 5.91 Å². The van der Waals surface area contributed by atoms with Gasteiger partial charge in [0.05, 0.1) is 10.6 Å². The molecular weight excluding hydrogens is 279 g/mol. The predicted octanol–water partition coefficient (Wildman–Crippen LogP) is 3.50. The van der Waals surface area contributed by atoms with Gasteiger partial charge in [0.15, 0.2) is 0 Å². The minimum atomic E-state index is -0.573. The Morgan fingerprint density at radius 1 is 1.30 bits per heavy atom. The number of hydrogen-bond acceptors (Lipinski definition) is 2. The van der Waals surface area contributed by atoms with Crippen molar-refractivity contribution in [1.82, 2.24) is 0 Å². The second-order valence-corrected chi connectivity index (χ2v) is 4.90. The summed E-state index contributed by atoms with van der Waals surface area (Å²) >= 11 is 5.88. The number of rotatable bonds is 4. The van der Waals surface area contributed by atoms with Crippen LogP contribution in [0.1, 0.15) is 21.5 Å². The zero-order valence-corrected chi connectivity index (χ0v) is 11.7. The van der Waals surface area contributed by atoms with Gasteiger partial charge in [0.25, 0.3) is 0 Å². The van der Waals surface area contributed by atoms with Crippen molar-refractivity contribution in [1.29, 1.82) is 0 Å². The number of nitrogens with two attached hydrogens (primary N) is 1. The summed E-state index contributed by atoms with van der Waals surface area (Å²) in [5, 5.41) is 3.46. The summed E-state index contributed by atoms with van der Waals surface area (Å²) in [4.78, 5) is 11.2. The van der Waals surface area contributed by atoms with Gasteiger partial charge in [-0.3, -0.25) is 4.79 Å². The first-order chi connectivity index (χ1) is 9.47. The van der Waals surface area contributed by atoms with Crippen molar-refractivity contribution in [2.24, 2.45) is 5.73 Å². The number of aryl methyl sites for hydroxylation is 1. The molecule has 2 aromatic carbocycles. The highest BCUT2D eigenvalue weighted by Crippen LogP contribution is 2.21. The van der Waals surface area contributed by atoms with E-state index in [-0.39, 0.29) is 11.4 Å². The smallest absolute Gasteiger partial charge is 0.250 e. The SMILES string of the molecule is Cc1cc(CNc2ccc(Cl)c(C(N)=O)c2)ccc1F. The zero-order chi connectivity index (χ0) is 14.7.